The van der Waals surface area contributed by atoms with E-state index in [-0.39, 0.29) is 11.1 Å². The largest absolute Gasteiger partial charge is 0.405 e. The molecule has 3 aromatic rings. The van der Waals surface area contributed by atoms with Crippen LogP contribution in [0.5, 0.6) is 0 Å². The normalized spacial score (nSPS) is 14.2. The molecule has 3 nitrogen and oxygen atoms in total. The van der Waals surface area contributed by atoms with E-state index in [0.29, 0.717) is 0 Å². The lowest BCUT2D eigenvalue weighted by molar-refractivity contribution is 0.227. The molecule has 132 valence electrons. The monoisotopic (exact) mass is 352 g/mol. The van der Waals surface area contributed by atoms with Crippen LogP contribution in [0.15, 0.2) is 43.1 Å². The van der Waals surface area contributed by atoms with Crippen molar-refractivity contribution in [1.29, 1.82) is 0 Å². The zero-order chi connectivity index (χ0) is 18.4. The van der Waals surface area contributed by atoms with Crippen LogP contribution in [0.4, 0.5) is 0 Å². The first kappa shape index (κ1) is 17.9. The smallest absolute Gasteiger partial charge is 0.193 e. The summed E-state index contributed by atoms with van der Waals surface area (Å²) in [6.07, 6.45) is 3.61. The Labute approximate surface area is 151 Å². The van der Waals surface area contributed by atoms with E-state index in [4.69, 9.17) is 9.41 Å². The van der Waals surface area contributed by atoms with Crippen molar-refractivity contribution in [2.75, 3.05) is 0 Å². The first-order chi connectivity index (χ1) is 11.7. The van der Waals surface area contributed by atoms with Gasteiger partial charge in [-0.2, -0.15) is 0 Å². The van der Waals surface area contributed by atoms with E-state index in [1.807, 2.05) is 12.3 Å². The van der Waals surface area contributed by atoms with E-state index in [2.05, 4.69) is 76.6 Å². The zero-order valence-electron chi connectivity index (χ0n) is 16.1. The highest BCUT2D eigenvalue weighted by molar-refractivity contribution is 6.74. The number of hydrogen-bond donors (Lipinski definition) is 1. The minimum Gasteiger partial charge on any atom is -0.405 e. The zero-order valence-corrected chi connectivity index (χ0v) is 17.1. The number of H-pyrrole nitrogens is 1. The Morgan fingerprint density at radius 2 is 1.92 bits per heavy atom. The summed E-state index contributed by atoms with van der Waals surface area (Å²) in [4.78, 5) is 8.29. The number of fused-ring (bicyclic) bond motifs is 3. The number of aromatic amines is 1. The Morgan fingerprint density at radius 1 is 1.24 bits per heavy atom. The van der Waals surface area contributed by atoms with E-state index in [0.717, 1.165) is 16.7 Å². The number of pyridine rings is 1. The van der Waals surface area contributed by atoms with E-state index in [9.17, 15) is 0 Å². The summed E-state index contributed by atoms with van der Waals surface area (Å²) in [6, 6.07) is 8.39. The molecule has 0 aliphatic carbocycles. The van der Waals surface area contributed by atoms with Crippen molar-refractivity contribution in [3.05, 3.63) is 54.4 Å². The summed E-state index contributed by atoms with van der Waals surface area (Å²) in [6.45, 7) is 17.4. The molecule has 0 spiro atoms. The van der Waals surface area contributed by atoms with E-state index in [1.165, 1.54) is 16.3 Å². The van der Waals surface area contributed by atoms with Crippen LogP contribution in [-0.4, -0.2) is 18.3 Å². The van der Waals surface area contributed by atoms with Gasteiger partial charge in [0.05, 0.1) is 11.2 Å². The van der Waals surface area contributed by atoms with Crippen molar-refractivity contribution < 1.29 is 4.43 Å². The quantitative estimate of drug-likeness (QED) is 0.443. The second-order valence-corrected chi connectivity index (χ2v) is 13.0. The van der Waals surface area contributed by atoms with Crippen LogP contribution in [0.3, 0.4) is 0 Å². The van der Waals surface area contributed by atoms with E-state index < -0.39 is 8.32 Å². The number of nitrogens with one attached hydrogen (secondary N) is 1. The molecule has 4 heteroatoms. The molecule has 0 saturated carbocycles. The van der Waals surface area contributed by atoms with Crippen molar-refractivity contribution in [3.63, 3.8) is 0 Å². The summed E-state index contributed by atoms with van der Waals surface area (Å²) in [5, 5.41) is 2.60. The molecular formula is C21H28N2OSi. The lowest BCUT2D eigenvalue weighted by Gasteiger charge is -2.38. The third kappa shape index (κ3) is 3.05. The number of aromatic nitrogens is 2. The molecule has 2 heterocycles. The fraction of sp³-hybridized carbons (Fsp3) is 0.381. The molecular weight excluding hydrogens is 324 g/mol. The van der Waals surface area contributed by atoms with Gasteiger partial charge >= 0.3 is 0 Å². The van der Waals surface area contributed by atoms with Gasteiger partial charge in [0, 0.05) is 22.5 Å². The lowest BCUT2D eigenvalue weighted by atomic mass is 10.1. The Balaban J connectivity index is 2.17. The van der Waals surface area contributed by atoms with Gasteiger partial charge < -0.3 is 9.41 Å². The lowest BCUT2D eigenvalue weighted by Crippen LogP contribution is -2.41. The summed E-state index contributed by atoms with van der Waals surface area (Å²) >= 11 is 0. The minimum absolute atomic E-state index is 0.137. The third-order valence-corrected chi connectivity index (χ3v) is 9.92. The molecule has 0 aliphatic rings. The van der Waals surface area contributed by atoms with Crippen LogP contribution in [0.25, 0.3) is 21.8 Å². The van der Waals surface area contributed by atoms with Gasteiger partial charge in [0.25, 0.3) is 0 Å². The Hall–Kier alpha value is -1.91. The Bertz CT molecular complexity index is 934. The molecule has 0 fully saturated rings. The maximum Gasteiger partial charge on any atom is 0.193 e. The van der Waals surface area contributed by atoms with Crippen LogP contribution in [0.2, 0.25) is 18.1 Å². The van der Waals surface area contributed by atoms with Crippen LogP contribution in [0.1, 0.15) is 38.1 Å². The van der Waals surface area contributed by atoms with Crippen molar-refractivity contribution in [2.45, 2.75) is 51.9 Å². The summed E-state index contributed by atoms with van der Waals surface area (Å²) in [5.74, 6) is 0. The number of benzene rings is 1. The van der Waals surface area contributed by atoms with Crippen LogP contribution < -0.4 is 0 Å². The number of nitrogens with zero attached hydrogens (tertiary/aromatic N) is 1. The van der Waals surface area contributed by atoms with Gasteiger partial charge in [0.2, 0.25) is 0 Å². The minimum atomic E-state index is -1.94. The number of para-hydroxylation sites is 1. The molecule has 3 rings (SSSR count). The van der Waals surface area contributed by atoms with Crippen molar-refractivity contribution in [1.82, 2.24) is 9.97 Å². The Kier molecular flexibility index (Phi) is 4.37. The molecule has 1 atom stereocenters. The molecule has 25 heavy (non-hydrogen) atoms. The summed E-state index contributed by atoms with van der Waals surface area (Å²) in [5.41, 5.74) is 4.29. The van der Waals surface area contributed by atoms with Crippen molar-refractivity contribution in [2.24, 2.45) is 0 Å². The topological polar surface area (TPSA) is 37.9 Å². The molecule has 0 amide bonds. The van der Waals surface area contributed by atoms with Crippen LogP contribution in [-0.2, 0) is 4.43 Å². The maximum atomic E-state index is 6.62. The first-order valence-electron chi connectivity index (χ1n) is 8.82. The Morgan fingerprint density at radius 3 is 2.56 bits per heavy atom. The predicted molar refractivity (Wildman–Crippen MR) is 110 cm³/mol. The average molecular weight is 353 g/mol. The van der Waals surface area contributed by atoms with Crippen molar-refractivity contribution in [3.8, 4) is 0 Å². The third-order valence-electron chi connectivity index (χ3n) is 5.47. The average Bonchev–Trinajstić information content (AvgIpc) is 2.92. The molecule has 0 bridgehead atoms. The summed E-state index contributed by atoms with van der Waals surface area (Å²) < 4.78 is 6.62. The van der Waals surface area contributed by atoms with E-state index >= 15 is 0 Å². The molecule has 1 unspecified atom stereocenters. The predicted octanol–water partition coefficient (Wildman–Crippen LogP) is 6.27. The van der Waals surface area contributed by atoms with Gasteiger partial charge in [0.1, 0.15) is 6.10 Å². The van der Waals surface area contributed by atoms with Crippen molar-refractivity contribution >= 4 is 30.1 Å². The van der Waals surface area contributed by atoms with Gasteiger partial charge in [-0.15, -0.1) is 6.58 Å². The van der Waals surface area contributed by atoms with Gasteiger partial charge in [-0.1, -0.05) is 45.0 Å². The molecule has 0 saturated heterocycles. The highest BCUT2D eigenvalue weighted by atomic mass is 28.4. The number of rotatable bonds is 4. The first-order valence-corrected chi connectivity index (χ1v) is 11.7. The van der Waals surface area contributed by atoms with E-state index in [1.54, 1.807) is 0 Å². The van der Waals surface area contributed by atoms with Gasteiger partial charge in [-0.05, 0) is 36.7 Å². The highest BCUT2D eigenvalue weighted by Crippen LogP contribution is 2.41. The number of hydrogen-bond acceptors (Lipinski definition) is 2. The van der Waals surface area contributed by atoms with Gasteiger partial charge in [-0.3, -0.25) is 4.98 Å². The van der Waals surface area contributed by atoms with Gasteiger partial charge in [0.15, 0.2) is 8.32 Å². The fourth-order valence-corrected chi connectivity index (χ4v) is 4.16. The number of aryl methyl sites for hydroxylation is 1. The molecule has 2 aromatic heterocycles. The SMILES string of the molecule is C=CC(O[Si](C)(C)C(C)(C)C)c1ncc(C)c2c1[nH]c1ccccc12. The molecule has 1 N–H and O–H groups in total. The second kappa shape index (κ2) is 6.11. The second-order valence-electron chi connectivity index (χ2n) is 8.28. The van der Waals surface area contributed by atoms with Crippen LogP contribution in [0, 0.1) is 6.92 Å². The molecule has 0 aliphatic heterocycles. The van der Waals surface area contributed by atoms with Crippen LogP contribution >= 0.6 is 0 Å². The molecule has 1 aromatic carbocycles. The van der Waals surface area contributed by atoms with Gasteiger partial charge in [-0.25, -0.2) is 0 Å². The summed E-state index contributed by atoms with van der Waals surface area (Å²) in [7, 11) is -1.94. The standard InChI is InChI=1S/C21H28N2OSi/c1-8-17(24-25(6,7)21(3,4)5)19-20-18(14(2)13-22-19)15-11-9-10-12-16(15)23-20/h8-13,17,23H,1H2,2-7H3. The molecule has 0 radical (unpaired) electrons. The fourth-order valence-electron chi connectivity index (χ4n) is 2.96. The highest BCUT2D eigenvalue weighted by Gasteiger charge is 2.39. The maximum absolute atomic E-state index is 6.62.